The summed E-state index contributed by atoms with van der Waals surface area (Å²) in [7, 11) is 0. The molecule has 98 valence electrons. The van der Waals surface area contributed by atoms with E-state index in [-0.39, 0.29) is 5.75 Å². The van der Waals surface area contributed by atoms with E-state index in [0.717, 1.165) is 25.2 Å². The monoisotopic (exact) mass is 247 g/mol. The Morgan fingerprint density at radius 3 is 2.72 bits per heavy atom. The van der Waals surface area contributed by atoms with Gasteiger partial charge in [-0.15, -0.1) is 0 Å². The summed E-state index contributed by atoms with van der Waals surface area (Å²) in [4.78, 5) is 2.24. The van der Waals surface area contributed by atoms with Crippen LogP contribution in [0.5, 0.6) is 5.75 Å². The van der Waals surface area contributed by atoms with Crippen molar-refractivity contribution in [3.05, 3.63) is 23.8 Å². The number of benzene rings is 1. The van der Waals surface area contributed by atoms with E-state index in [1.807, 2.05) is 6.07 Å². The summed E-state index contributed by atoms with van der Waals surface area (Å²) < 4.78 is 0. The van der Waals surface area contributed by atoms with E-state index in [4.69, 9.17) is 11.0 Å². The molecule has 0 heterocycles. The Labute approximate surface area is 109 Å². The van der Waals surface area contributed by atoms with Gasteiger partial charge in [-0.3, -0.25) is 4.90 Å². The van der Waals surface area contributed by atoms with Crippen molar-refractivity contribution in [2.45, 2.75) is 26.8 Å². The lowest BCUT2D eigenvalue weighted by molar-refractivity contribution is 0.241. The molecule has 0 fully saturated rings. The minimum Gasteiger partial charge on any atom is -0.506 e. The van der Waals surface area contributed by atoms with Gasteiger partial charge in [0, 0.05) is 26.1 Å². The number of phenols is 1. The number of nitriles is 1. The Morgan fingerprint density at radius 2 is 2.17 bits per heavy atom. The third kappa shape index (κ3) is 4.64. The highest BCUT2D eigenvalue weighted by molar-refractivity contribution is 5.53. The molecule has 0 unspecified atom stereocenters. The van der Waals surface area contributed by atoms with E-state index in [9.17, 15) is 5.11 Å². The summed E-state index contributed by atoms with van der Waals surface area (Å²) >= 11 is 0. The molecule has 0 saturated carbocycles. The molecule has 0 amide bonds. The molecule has 1 rings (SSSR count). The van der Waals surface area contributed by atoms with E-state index in [1.54, 1.807) is 12.1 Å². The number of nitrogens with zero attached hydrogens (tertiary/aromatic N) is 2. The van der Waals surface area contributed by atoms with Crippen LogP contribution in [-0.4, -0.2) is 23.1 Å². The summed E-state index contributed by atoms with van der Waals surface area (Å²) in [5.41, 5.74) is 7.14. The van der Waals surface area contributed by atoms with E-state index in [1.165, 1.54) is 0 Å². The van der Waals surface area contributed by atoms with Crippen molar-refractivity contribution in [2.75, 3.05) is 18.8 Å². The zero-order valence-corrected chi connectivity index (χ0v) is 11.1. The molecule has 0 saturated heterocycles. The maximum Gasteiger partial charge on any atom is 0.138 e. The molecule has 0 spiro atoms. The lowest BCUT2D eigenvalue weighted by Crippen LogP contribution is -2.28. The van der Waals surface area contributed by atoms with Crippen LogP contribution in [0.25, 0.3) is 0 Å². The number of rotatable bonds is 6. The van der Waals surface area contributed by atoms with E-state index < -0.39 is 0 Å². The summed E-state index contributed by atoms with van der Waals surface area (Å²) in [5.74, 6) is 0.671. The van der Waals surface area contributed by atoms with Gasteiger partial charge < -0.3 is 10.8 Å². The molecule has 0 bridgehead atoms. The number of hydrogen-bond donors (Lipinski definition) is 2. The Balaban J connectivity index is 2.69. The number of aromatic hydroxyl groups is 1. The van der Waals surface area contributed by atoms with Gasteiger partial charge >= 0.3 is 0 Å². The fraction of sp³-hybridized carbons (Fsp3) is 0.500. The lowest BCUT2D eigenvalue weighted by Gasteiger charge is -2.23. The van der Waals surface area contributed by atoms with E-state index in [2.05, 4.69) is 24.8 Å². The van der Waals surface area contributed by atoms with Gasteiger partial charge in [0.2, 0.25) is 0 Å². The van der Waals surface area contributed by atoms with Crippen LogP contribution in [0.2, 0.25) is 0 Å². The van der Waals surface area contributed by atoms with Crippen LogP contribution < -0.4 is 5.73 Å². The second-order valence-electron chi connectivity index (χ2n) is 4.93. The lowest BCUT2D eigenvalue weighted by atomic mass is 10.1. The molecule has 0 aliphatic heterocycles. The number of hydrogen-bond acceptors (Lipinski definition) is 4. The molecule has 1 aromatic rings. The van der Waals surface area contributed by atoms with E-state index in [0.29, 0.717) is 18.0 Å². The zero-order chi connectivity index (χ0) is 13.5. The van der Waals surface area contributed by atoms with Crippen LogP contribution in [-0.2, 0) is 6.54 Å². The Kier molecular flexibility index (Phi) is 5.47. The van der Waals surface area contributed by atoms with Gasteiger partial charge in [0.15, 0.2) is 0 Å². The van der Waals surface area contributed by atoms with Crippen molar-refractivity contribution in [1.82, 2.24) is 4.90 Å². The first-order valence-electron chi connectivity index (χ1n) is 6.19. The van der Waals surface area contributed by atoms with Crippen LogP contribution in [0.4, 0.5) is 5.69 Å². The quantitative estimate of drug-likeness (QED) is 0.598. The number of nitrogen functional groups attached to an aromatic ring is 1. The van der Waals surface area contributed by atoms with Crippen molar-refractivity contribution in [2.24, 2.45) is 5.92 Å². The highest BCUT2D eigenvalue weighted by Crippen LogP contribution is 2.21. The Hall–Kier alpha value is -1.73. The molecule has 0 aromatic heterocycles. The van der Waals surface area contributed by atoms with Crippen molar-refractivity contribution in [3.63, 3.8) is 0 Å². The van der Waals surface area contributed by atoms with Gasteiger partial charge in [0.25, 0.3) is 0 Å². The molecule has 0 atom stereocenters. The maximum atomic E-state index is 9.38. The van der Waals surface area contributed by atoms with Gasteiger partial charge in [0.05, 0.1) is 11.8 Å². The number of phenolic OH excluding ortho intramolecular Hbond substituents is 1. The van der Waals surface area contributed by atoms with E-state index >= 15 is 0 Å². The molecule has 3 N–H and O–H groups in total. The predicted octanol–water partition coefficient (Wildman–Crippen LogP) is 2.35. The van der Waals surface area contributed by atoms with Gasteiger partial charge in [-0.2, -0.15) is 5.26 Å². The molecular formula is C14H21N3O. The smallest absolute Gasteiger partial charge is 0.138 e. The standard InChI is InChI=1S/C14H21N3O/c1-11(2)9-17(7-3-6-15)10-12-4-5-14(18)13(16)8-12/h4-5,8,11,18H,3,7,9-10,16H2,1-2H3. The average molecular weight is 247 g/mol. The van der Waals surface area contributed by atoms with Crippen LogP contribution >= 0.6 is 0 Å². The van der Waals surface area contributed by atoms with Gasteiger partial charge in [-0.25, -0.2) is 0 Å². The third-order valence-corrected chi connectivity index (χ3v) is 2.66. The van der Waals surface area contributed by atoms with Crippen LogP contribution in [0.15, 0.2) is 18.2 Å². The number of anilines is 1. The molecule has 1 aromatic carbocycles. The SMILES string of the molecule is CC(C)CN(CCC#N)Cc1ccc(O)c(N)c1. The predicted molar refractivity (Wildman–Crippen MR) is 72.9 cm³/mol. The van der Waals surface area contributed by atoms with Crippen molar-refractivity contribution in [3.8, 4) is 11.8 Å². The highest BCUT2D eigenvalue weighted by Gasteiger charge is 2.09. The fourth-order valence-electron chi connectivity index (χ4n) is 1.92. The van der Waals surface area contributed by atoms with Crippen molar-refractivity contribution in [1.29, 1.82) is 5.26 Å². The second-order valence-corrected chi connectivity index (χ2v) is 4.93. The first kappa shape index (κ1) is 14.3. The molecular weight excluding hydrogens is 226 g/mol. The fourth-order valence-corrected chi connectivity index (χ4v) is 1.92. The minimum absolute atomic E-state index is 0.117. The van der Waals surface area contributed by atoms with Gasteiger partial charge in [0.1, 0.15) is 5.75 Å². The summed E-state index contributed by atoms with van der Waals surface area (Å²) in [6.07, 6.45) is 0.528. The molecule has 18 heavy (non-hydrogen) atoms. The number of nitrogens with two attached hydrogens (primary N) is 1. The maximum absolute atomic E-state index is 9.38. The molecule has 0 radical (unpaired) electrons. The summed E-state index contributed by atoms with van der Waals surface area (Å²) in [6.45, 7) is 6.78. The highest BCUT2D eigenvalue weighted by atomic mass is 16.3. The van der Waals surface area contributed by atoms with Crippen molar-refractivity contribution < 1.29 is 5.11 Å². The summed E-state index contributed by atoms with van der Waals surface area (Å²) in [5, 5.41) is 18.0. The second kappa shape index (κ2) is 6.87. The normalized spacial score (nSPS) is 10.8. The first-order valence-corrected chi connectivity index (χ1v) is 6.19. The summed E-state index contributed by atoms with van der Waals surface area (Å²) in [6, 6.07) is 7.44. The van der Waals surface area contributed by atoms with Crippen molar-refractivity contribution >= 4 is 5.69 Å². The topological polar surface area (TPSA) is 73.3 Å². The molecule has 0 aliphatic carbocycles. The van der Waals surface area contributed by atoms with Crippen LogP contribution in [0.1, 0.15) is 25.8 Å². The van der Waals surface area contributed by atoms with Crippen LogP contribution in [0, 0.1) is 17.2 Å². The average Bonchev–Trinajstić information content (AvgIpc) is 2.30. The van der Waals surface area contributed by atoms with Gasteiger partial charge in [-0.1, -0.05) is 19.9 Å². The molecule has 4 nitrogen and oxygen atoms in total. The minimum atomic E-state index is 0.117. The molecule has 0 aliphatic rings. The van der Waals surface area contributed by atoms with Gasteiger partial charge in [-0.05, 0) is 23.6 Å². The molecule has 4 heteroatoms. The first-order chi connectivity index (χ1) is 8.52. The Bertz CT molecular complexity index is 424. The largest absolute Gasteiger partial charge is 0.506 e. The van der Waals surface area contributed by atoms with Crippen LogP contribution in [0.3, 0.4) is 0 Å². The zero-order valence-electron chi connectivity index (χ0n) is 11.1. The third-order valence-electron chi connectivity index (χ3n) is 2.66. The Morgan fingerprint density at radius 1 is 1.44 bits per heavy atom.